The van der Waals surface area contributed by atoms with Crippen molar-refractivity contribution in [2.45, 2.75) is 13.5 Å². The van der Waals surface area contributed by atoms with E-state index in [-0.39, 0.29) is 11.7 Å². The molecule has 1 aliphatic heterocycles. The SMILES string of the molecule is Cc1nc(NCc2ccccc2F)cc(C(=O)N2CCN(C)CC2)n1. The van der Waals surface area contributed by atoms with Gasteiger partial charge in [-0.2, -0.15) is 0 Å². The number of rotatable bonds is 4. The number of aryl methyl sites for hydroxylation is 1. The van der Waals surface area contributed by atoms with E-state index in [2.05, 4.69) is 20.2 Å². The lowest BCUT2D eigenvalue weighted by molar-refractivity contribution is 0.0658. The first-order valence-electron chi connectivity index (χ1n) is 8.34. The number of aromatic nitrogens is 2. The number of carbonyl (C=O) groups excluding carboxylic acids is 1. The fourth-order valence-electron chi connectivity index (χ4n) is 2.77. The van der Waals surface area contributed by atoms with E-state index in [4.69, 9.17) is 0 Å². The lowest BCUT2D eigenvalue weighted by Gasteiger charge is -2.32. The predicted molar refractivity (Wildman–Crippen MR) is 93.9 cm³/mol. The molecule has 1 aromatic carbocycles. The Morgan fingerprint density at radius 3 is 2.64 bits per heavy atom. The minimum Gasteiger partial charge on any atom is -0.366 e. The highest BCUT2D eigenvalue weighted by Crippen LogP contribution is 2.13. The van der Waals surface area contributed by atoms with Gasteiger partial charge in [0.2, 0.25) is 0 Å². The number of halogens is 1. The molecule has 2 aromatic rings. The van der Waals surface area contributed by atoms with Crippen LogP contribution in [0.3, 0.4) is 0 Å². The maximum atomic E-state index is 13.7. The molecule has 0 radical (unpaired) electrons. The second-order valence-electron chi connectivity index (χ2n) is 6.23. The molecule has 0 bridgehead atoms. The van der Waals surface area contributed by atoms with E-state index in [1.165, 1.54) is 6.07 Å². The molecule has 1 fully saturated rings. The summed E-state index contributed by atoms with van der Waals surface area (Å²) in [5, 5.41) is 3.08. The fraction of sp³-hybridized carbons (Fsp3) is 0.389. The number of hydrogen-bond acceptors (Lipinski definition) is 5. The van der Waals surface area contributed by atoms with Gasteiger partial charge < -0.3 is 15.1 Å². The van der Waals surface area contributed by atoms with E-state index < -0.39 is 0 Å². The van der Waals surface area contributed by atoms with Crippen LogP contribution < -0.4 is 5.32 Å². The number of likely N-dealkylation sites (N-methyl/N-ethyl adjacent to an activating group) is 1. The molecule has 1 saturated heterocycles. The number of amides is 1. The van der Waals surface area contributed by atoms with E-state index in [0.29, 0.717) is 42.5 Å². The largest absolute Gasteiger partial charge is 0.366 e. The zero-order valence-electron chi connectivity index (χ0n) is 14.5. The number of anilines is 1. The summed E-state index contributed by atoms with van der Waals surface area (Å²) in [5.41, 5.74) is 0.916. The minimum absolute atomic E-state index is 0.0902. The van der Waals surface area contributed by atoms with Gasteiger partial charge in [-0.15, -0.1) is 0 Å². The monoisotopic (exact) mass is 343 g/mol. The van der Waals surface area contributed by atoms with Gasteiger partial charge in [0.1, 0.15) is 23.2 Å². The highest BCUT2D eigenvalue weighted by atomic mass is 19.1. The van der Waals surface area contributed by atoms with Gasteiger partial charge in [-0.1, -0.05) is 18.2 Å². The van der Waals surface area contributed by atoms with Gasteiger partial charge in [0.25, 0.3) is 5.91 Å². The predicted octanol–water partition coefficient (Wildman–Crippen LogP) is 1.92. The number of nitrogens with one attached hydrogen (secondary N) is 1. The quantitative estimate of drug-likeness (QED) is 0.919. The van der Waals surface area contributed by atoms with Crippen LogP contribution in [-0.4, -0.2) is 58.9 Å². The third kappa shape index (κ3) is 4.30. The Balaban J connectivity index is 1.72. The standard InChI is InChI=1S/C18H22FN5O/c1-13-21-16(18(25)24-9-7-23(2)8-10-24)11-17(22-13)20-12-14-5-3-4-6-15(14)19/h3-6,11H,7-10,12H2,1-2H3,(H,20,21,22). The number of piperazine rings is 1. The highest BCUT2D eigenvalue weighted by Gasteiger charge is 2.22. The minimum atomic E-state index is -0.269. The first-order valence-corrected chi connectivity index (χ1v) is 8.34. The van der Waals surface area contributed by atoms with Crippen molar-refractivity contribution in [2.24, 2.45) is 0 Å². The second kappa shape index (κ2) is 7.57. The molecule has 1 amide bonds. The average molecular weight is 343 g/mol. The molecule has 132 valence electrons. The molecule has 0 saturated carbocycles. The summed E-state index contributed by atoms with van der Waals surface area (Å²) in [6.45, 7) is 5.13. The summed E-state index contributed by atoms with van der Waals surface area (Å²) in [4.78, 5) is 25.2. The molecule has 2 heterocycles. The molecule has 0 spiro atoms. The number of hydrogen-bond donors (Lipinski definition) is 1. The Kier molecular flexibility index (Phi) is 5.23. The smallest absolute Gasteiger partial charge is 0.272 e. The van der Waals surface area contributed by atoms with Gasteiger partial charge in [0.15, 0.2) is 0 Å². The van der Waals surface area contributed by atoms with Gasteiger partial charge in [-0.3, -0.25) is 4.79 Å². The normalized spacial score (nSPS) is 15.2. The van der Waals surface area contributed by atoms with Crippen LogP contribution in [0, 0.1) is 12.7 Å². The van der Waals surface area contributed by atoms with E-state index in [1.54, 1.807) is 31.2 Å². The summed E-state index contributed by atoms with van der Waals surface area (Å²) >= 11 is 0. The van der Waals surface area contributed by atoms with Crippen LogP contribution in [0.1, 0.15) is 21.9 Å². The molecule has 0 atom stereocenters. The maximum Gasteiger partial charge on any atom is 0.272 e. The van der Waals surface area contributed by atoms with Crippen molar-refractivity contribution in [1.82, 2.24) is 19.8 Å². The van der Waals surface area contributed by atoms with Gasteiger partial charge in [0.05, 0.1) is 0 Å². The van der Waals surface area contributed by atoms with Crippen molar-refractivity contribution in [3.05, 3.63) is 53.2 Å². The zero-order chi connectivity index (χ0) is 17.8. The summed E-state index contributed by atoms with van der Waals surface area (Å²) in [7, 11) is 2.04. The molecule has 3 rings (SSSR count). The molecule has 7 heteroatoms. The first-order chi connectivity index (χ1) is 12.0. The van der Waals surface area contributed by atoms with Crippen molar-refractivity contribution in [2.75, 3.05) is 38.5 Å². The molecule has 1 aliphatic rings. The molecule has 0 unspecified atom stereocenters. The molecule has 1 N–H and O–H groups in total. The topological polar surface area (TPSA) is 61.4 Å². The third-order valence-corrected chi connectivity index (χ3v) is 4.27. The first kappa shape index (κ1) is 17.3. The number of nitrogens with zero attached hydrogens (tertiary/aromatic N) is 4. The Hall–Kier alpha value is -2.54. The summed E-state index contributed by atoms with van der Waals surface area (Å²) in [6, 6.07) is 8.21. The van der Waals surface area contributed by atoms with Crippen LogP contribution in [-0.2, 0) is 6.54 Å². The lowest BCUT2D eigenvalue weighted by Crippen LogP contribution is -2.47. The van der Waals surface area contributed by atoms with Crippen LogP contribution in [0.2, 0.25) is 0 Å². The van der Waals surface area contributed by atoms with Crippen LogP contribution >= 0.6 is 0 Å². The van der Waals surface area contributed by atoms with Gasteiger partial charge in [-0.25, -0.2) is 14.4 Å². The molecule has 1 aromatic heterocycles. The molecule has 6 nitrogen and oxygen atoms in total. The maximum absolute atomic E-state index is 13.7. The Morgan fingerprint density at radius 2 is 1.92 bits per heavy atom. The van der Waals surface area contributed by atoms with Crippen molar-refractivity contribution < 1.29 is 9.18 Å². The van der Waals surface area contributed by atoms with Crippen molar-refractivity contribution >= 4 is 11.7 Å². The van der Waals surface area contributed by atoms with Crippen LogP contribution in [0.5, 0.6) is 0 Å². The molecule has 0 aliphatic carbocycles. The van der Waals surface area contributed by atoms with E-state index in [9.17, 15) is 9.18 Å². The number of carbonyl (C=O) groups is 1. The zero-order valence-corrected chi connectivity index (χ0v) is 14.5. The van der Waals surface area contributed by atoms with Gasteiger partial charge in [-0.05, 0) is 20.0 Å². The Morgan fingerprint density at radius 1 is 1.20 bits per heavy atom. The average Bonchev–Trinajstić information content (AvgIpc) is 2.60. The van der Waals surface area contributed by atoms with Crippen molar-refractivity contribution in [3.63, 3.8) is 0 Å². The van der Waals surface area contributed by atoms with Gasteiger partial charge in [0, 0.05) is 44.4 Å². The Bertz CT molecular complexity index is 759. The fourth-order valence-corrected chi connectivity index (χ4v) is 2.77. The summed E-state index contributed by atoms with van der Waals surface area (Å²) in [6.07, 6.45) is 0. The van der Waals surface area contributed by atoms with Crippen molar-refractivity contribution in [1.29, 1.82) is 0 Å². The lowest BCUT2D eigenvalue weighted by atomic mass is 10.2. The van der Waals surface area contributed by atoms with Crippen LogP contribution in [0.15, 0.2) is 30.3 Å². The molecular formula is C18H22FN5O. The van der Waals surface area contributed by atoms with Crippen LogP contribution in [0.25, 0.3) is 0 Å². The third-order valence-electron chi connectivity index (χ3n) is 4.27. The highest BCUT2D eigenvalue weighted by molar-refractivity contribution is 5.93. The summed E-state index contributed by atoms with van der Waals surface area (Å²) in [5.74, 6) is 0.672. The van der Waals surface area contributed by atoms with E-state index in [0.717, 1.165) is 13.1 Å². The summed E-state index contributed by atoms with van der Waals surface area (Å²) < 4.78 is 13.7. The van der Waals surface area contributed by atoms with Crippen molar-refractivity contribution in [3.8, 4) is 0 Å². The number of benzene rings is 1. The van der Waals surface area contributed by atoms with Gasteiger partial charge >= 0.3 is 0 Å². The molecular weight excluding hydrogens is 321 g/mol. The van der Waals surface area contributed by atoms with Crippen LogP contribution in [0.4, 0.5) is 10.2 Å². The Labute approximate surface area is 146 Å². The van der Waals surface area contributed by atoms with E-state index in [1.807, 2.05) is 11.9 Å². The second-order valence-corrected chi connectivity index (χ2v) is 6.23. The molecule has 25 heavy (non-hydrogen) atoms. The van der Waals surface area contributed by atoms with E-state index >= 15 is 0 Å².